The molecule has 5 heterocycles. The van der Waals surface area contributed by atoms with E-state index >= 15 is 0 Å². The van der Waals surface area contributed by atoms with Crippen molar-refractivity contribution in [2.45, 2.75) is 19.9 Å². The second kappa shape index (κ2) is 7.21. The van der Waals surface area contributed by atoms with Crippen LogP contribution >= 0.6 is 0 Å². The van der Waals surface area contributed by atoms with Crippen LogP contribution in [0.2, 0.25) is 0 Å². The lowest BCUT2D eigenvalue weighted by atomic mass is 10.0. The Morgan fingerprint density at radius 2 is 2.13 bits per heavy atom. The SMILES string of the molecule is Cc1cnn(C)c1-c1cc(-c2c(F)ncc3[nH]ccc23)nc(N2CCOC[C@H]2C)c1. The predicted octanol–water partition coefficient (Wildman–Crippen LogP) is 3.70. The molecule has 1 atom stereocenters. The number of aryl methyl sites for hydroxylation is 2. The largest absolute Gasteiger partial charge is 0.377 e. The number of nitrogens with zero attached hydrogens (tertiary/aromatic N) is 5. The first-order chi connectivity index (χ1) is 14.5. The van der Waals surface area contributed by atoms with E-state index in [1.807, 2.05) is 37.0 Å². The molecule has 0 radical (unpaired) electrons. The van der Waals surface area contributed by atoms with Gasteiger partial charge in [0.2, 0.25) is 5.95 Å². The number of hydrogen-bond acceptors (Lipinski definition) is 5. The standard InChI is InChI=1S/C22H23FN6O/c1-13-10-26-28(3)21(13)15-8-17(20-16-4-5-24-18(16)11-25-22(20)23)27-19(9-15)29-6-7-30-12-14(29)2/h4-5,8-11,14,24H,6-7,12H2,1-3H3/t14-/m1/s1. The molecule has 30 heavy (non-hydrogen) atoms. The van der Waals surface area contributed by atoms with E-state index in [1.165, 1.54) is 6.20 Å². The molecule has 1 saturated heterocycles. The van der Waals surface area contributed by atoms with Gasteiger partial charge < -0.3 is 14.6 Å². The highest BCUT2D eigenvalue weighted by atomic mass is 19.1. The molecule has 1 aliphatic heterocycles. The molecule has 154 valence electrons. The van der Waals surface area contributed by atoms with Gasteiger partial charge in [0.25, 0.3) is 0 Å². The number of aromatic nitrogens is 5. The molecule has 7 nitrogen and oxygen atoms in total. The summed E-state index contributed by atoms with van der Waals surface area (Å²) < 4.78 is 22.4. The summed E-state index contributed by atoms with van der Waals surface area (Å²) in [5, 5.41) is 5.14. The third kappa shape index (κ3) is 3.04. The maximum atomic E-state index is 14.9. The number of rotatable bonds is 3. The number of halogens is 1. The van der Waals surface area contributed by atoms with Gasteiger partial charge in [0, 0.05) is 30.7 Å². The quantitative estimate of drug-likeness (QED) is 0.526. The number of aromatic amines is 1. The Bertz CT molecular complexity index is 1210. The number of fused-ring (bicyclic) bond motifs is 1. The van der Waals surface area contributed by atoms with Gasteiger partial charge in [-0.2, -0.15) is 9.49 Å². The fourth-order valence-corrected chi connectivity index (χ4v) is 4.20. The summed E-state index contributed by atoms with van der Waals surface area (Å²) >= 11 is 0. The molecular formula is C22H23FN6O. The Morgan fingerprint density at radius 3 is 2.90 bits per heavy atom. The van der Waals surface area contributed by atoms with Crippen molar-refractivity contribution in [1.29, 1.82) is 0 Å². The summed E-state index contributed by atoms with van der Waals surface area (Å²) in [6, 6.07) is 6.01. The summed E-state index contributed by atoms with van der Waals surface area (Å²) in [6.45, 7) is 6.14. The molecule has 0 spiro atoms. The van der Waals surface area contributed by atoms with Crippen molar-refractivity contribution in [1.82, 2.24) is 24.7 Å². The van der Waals surface area contributed by atoms with Crippen LogP contribution in [0.5, 0.6) is 0 Å². The van der Waals surface area contributed by atoms with Crippen molar-refractivity contribution >= 4 is 16.7 Å². The molecule has 1 fully saturated rings. The number of morpholine rings is 1. The number of ether oxygens (including phenoxy) is 1. The maximum absolute atomic E-state index is 14.9. The van der Waals surface area contributed by atoms with Gasteiger partial charge in [0.15, 0.2) is 0 Å². The number of nitrogens with one attached hydrogen (secondary N) is 1. The minimum absolute atomic E-state index is 0.174. The van der Waals surface area contributed by atoms with Crippen LogP contribution in [0.15, 0.2) is 36.8 Å². The third-order valence-electron chi connectivity index (χ3n) is 5.69. The van der Waals surface area contributed by atoms with E-state index in [9.17, 15) is 4.39 Å². The first kappa shape index (κ1) is 18.7. The van der Waals surface area contributed by atoms with E-state index in [2.05, 4.69) is 33.0 Å². The average molecular weight is 406 g/mol. The van der Waals surface area contributed by atoms with Crippen molar-refractivity contribution in [2.24, 2.45) is 7.05 Å². The van der Waals surface area contributed by atoms with Crippen LogP contribution in [0.3, 0.4) is 0 Å². The second-order valence-corrected chi connectivity index (χ2v) is 7.75. The van der Waals surface area contributed by atoms with Gasteiger partial charge in [-0.3, -0.25) is 4.68 Å². The lowest BCUT2D eigenvalue weighted by Crippen LogP contribution is -2.44. The van der Waals surface area contributed by atoms with Crippen molar-refractivity contribution in [3.63, 3.8) is 0 Å². The van der Waals surface area contributed by atoms with Crippen LogP contribution in [-0.4, -0.2) is 50.5 Å². The molecular weight excluding hydrogens is 383 g/mol. The van der Waals surface area contributed by atoms with E-state index in [0.717, 1.165) is 40.1 Å². The highest BCUT2D eigenvalue weighted by molar-refractivity contribution is 5.94. The van der Waals surface area contributed by atoms with E-state index in [-0.39, 0.29) is 6.04 Å². The van der Waals surface area contributed by atoms with E-state index in [0.29, 0.717) is 24.5 Å². The maximum Gasteiger partial charge on any atom is 0.223 e. The molecule has 1 aliphatic rings. The minimum atomic E-state index is -0.533. The van der Waals surface area contributed by atoms with Gasteiger partial charge in [-0.1, -0.05) is 0 Å². The van der Waals surface area contributed by atoms with E-state index < -0.39 is 5.95 Å². The van der Waals surface area contributed by atoms with Crippen LogP contribution < -0.4 is 4.90 Å². The number of hydrogen-bond donors (Lipinski definition) is 1. The molecule has 5 rings (SSSR count). The smallest absolute Gasteiger partial charge is 0.223 e. The zero-order valence-corrected chi connectivity index (χ0v) is 17.2. The zero-order valence-electron chi connectivity index (χ0n) is 17.2. The molecule has 4 aromatic heterocycles. The topological polar surface area (TPSA) is 71.9 Å². The molecule has 0 aliphatic carbocycles. The minimum Gasteiger partial charge on any atom is -0.377 e. The first-order valence-electron chi connectivity index (χ1n) is 10.0. The Labute approximate surface area is 173 Å². The van der Waals surface area contributed by atoms with E-state index in [1.54, 1.807) is 6.20 Å². The van der Waals surface area contributed by atoms with Gasteiger partial charge in [-0.15, -0.1) is 0 Å². The lowest BCUT2D eigenvalue weighted by molar-refractivity contribution is 0.0985. The normalized spacial score (nSPS) is 17.1. The summed E-state index contributed by atoms with van der Waals surface area (Å²) in [5.41, 5.74) is 4.70. The third-order valence-corrected chi connectivity index (χ3v) is 5.69. The Kier molecular flexibility index (Phi) is 4.51. The highest BCUT2D eigenvalue weighted by Crippen LogP contribution is 2.35. The summed E-state index contributed by atoms with van der Waals surface area (Å²) in [7, 11) is 1.91. The monoisotopic (exact) mass is 406 g/mol. The molecule has 0 saturated carbocycles. The highest BCUT2D eigenvalue weighted by Gasteiger charge is 2.24. The van der Waals surface area contributed by atoms with Gasteiger partial charge in [0.1, 0.15) is 5.82 Å². The van der Waals surface area contributed by atoms with Gasteiger partial charge >= 0.3 is 0 Å². The lowest BCUT2D eigenvalue weighted by Gasteiger charge is -2.34. The molecule has 0 bridgehead atoms. The summed E-state index contributed by atoms with van der Waals surface area (Å²) in [4.78, 5) is 14.2. The van der Waals surface area contributed by atoms with Gasteiger partial charge in [-0.25, -0.2) is 9.97 Å². The first-order valence-corrected chi connectivity index (χ1v) is 10.0. The van der Waals surface area contributed by atoms with Crippen molar-refractivity contribution in [3.8, 4) is 22.5 Å². The van der Waals surface area contributed by atoms with Crippen molar-refractivity contribution in [3.05, 3.63) is 48.3 Å². The molecule has 0 amide bonds. The molecule has 1 N–H and O–H groups in total. The van der Waals surface area contributed by atoms with Crippen molar-refractivity contribution < 1.29 is 9.13 Å². The number of anilines is 1. The summed E-state index contributed by atoms with van der Waals surface area (Å²) in [5.74, 6) is 0.264. The zero-order chi connectivity index (χ0) is 20.8. The molecule has 0 unspecified atom stereocenters. The fourth-order valence-electron chi connectivity index (χ4n) is 4.20. The predicted molar refractivity (Wildman–Crippen MR) is 114 cm³/mol. The van der Waals surface area contributed by atoms with Crippen molar-refractivity contribution in [2.75, 3.05) is 24.7 Å². The van der Waals surface area contributed by atoms with E-state index in [4.69, 9.17) is 9.72 Å². The van der Waals surface area contributed by atoms with Crippen LogP contribution in [0.4, 0.5) is 10.2 Å². The van der Waals surface area contributed by atoms with Gasteiger partial charge in [-0.05, 0) is 37.6 Å². The number of H-pyrrole nitrogens is 1. The second-order valence-electron chi connectivity index (χ2n) is 7.75. The van der Waals surface area contributed by atoms with Crippen LogP contribution in [0, 0.1) is 12.9 Å². The van der Waals surface area contributed by atoms with Gasteiger partial charge in [0.05, 0.1) is 54.1 Å². The molecule has 8 heteroatoms. The van der Waals surface area contributed by atoms with Crippen LogP contribution in [0.1, 0.15) is 12.5 Å². The molecule has 4 aromatic rings. The number of pyridine rings is 2. The fraction of sp³-hybridized carbons (Fsp3) is 0.318. The Balaban J connectivity index is 1.76. The summed E-state index contributed by atoms with van der Waals surface area (Å²) in [6.07, 6.45) is 5.13. The van der Waals surface area contributed by atoms with Crippen LogP contribution in [0.25, 0.3) is 33.4 Å². The molecule has 0 aromatic carbocycles. The Hall–Kier alpha value is -3.26. The average Bonchev–Trinajstić information content (AvgIpc) is 3.34. The Morgan fingerprint density at radius 1 is 1.27 bits per heavy atom. The van der Waals surface area contributed by atoms with Crippen LogP contribution in [-0.2, 0) is 11.8 Å².